The highest BCUT2D eigenvalue weighted by atomic mass is 19.4. The van der Waals surface area contributed by atoms with Gasteiger partial charge in [-0.05, 0) is 50.7 Å². The van der Waals surface area contributed by atoms with Crippen molar-refractivity contribution < 1.29 is 49.7 Å². The predicted molar refractivity (Wildman–Crippen MR) is 145 cm³/mol. The van der Waals surface area contributed by atoms with Crippen molar-refractivity contribution >= 4 is 11.7 Å². The summed E-state index contributed by atoms with van der Waals surface area (Å²) in [7, 11) is 0. The van der Waals surface area contributed by atoms with Crippen molar-refractivity contribution in [3.8, 4) is 5.75 Å². The van der Waals surface area contributed by atoms with E-state index in [4.69, 9.17) is 9.47 Å². The molecule has 6 atom stereocenters. The zero-order valence-corrected chi connectivity index (χ0v) is 24.4. The van der Waals surface area contributed by atoms with E-state index in [1.165, 1.54) is 0 Å². The maximum atomic E-state index is 14.7. The highest BCUT2D eigenvalue weighted by Gasteiger charge is 2.66. The van der Waals surface area contributed by atoms with Gasteiger partial charge in [-0.3, -0.25) is 10.6 Å². The molecule has 2 saturated heterocycles. The maximum absolute atomic E-state index is 14.7. The molecule has 2 aliphatic carbocycles. The molecule has 2 saturated carbocycles. The Hall–Kier alpha value is -2.36. The number of rotatable bonds is 7. The van der Waals surface area contributed by atoms with Gasteiger partial charge in [0, 0.05) is 24.9 Å². The molecule has 0 spiro atoms. The predicted octanol–water partition coefficient (Wildman–Crippen LogP) is 6.33. The molecule has 4 fully saturated rings. The van der Waals surface area contributed by atoms with Crippen LogP contribution in [-0.4, -0.2) is 61.4 Å². The molecule has 4 N–H and O–H groups in total. The maximum Gasteiger partial charge on any atom is 0.573 e. The van der Waals surface area contributed by atoms with Gasteiger partial charge < -0.3 is 24.8 Å². The number of halogens is 7. The van der Waals surface area contributed by atoms with Gasteiger partial charge in [0.05, 0.1) is 30.1 Å². The average Bonchev–Trinajstić information content (AvgIpc) is 2.91. The van der Waals surface area contributed by atoms with Crippen molar-refractivity contribution in [3.05, 3.63) is 24.0 Å². The first-order chi connectivity index (χ1) is 20.7. The smallest absolute Gasteiger partial charge is 0.406 e. The highest BCUT2D eigenvalue weighted by Crippen LogP contribution is 2.53. The summed E-state index contributed by atoms with van der Waals surface area (Å²) in [5, 5.41) is 12.0. The van der Waals surface area contributed by atoms with E-state index in [1.54, 1.807) is 0 Å². The van der Waals surface area contributed by atoms with Crippen molar-refractivity contribution in [1.29, 1.82) is 0 Å². The second-order valence-corrected chi connectivity index (χ2v) is 12.3. The average molecular weight is 641 g/mol. The Bertz CT molecular complexity index is 1160. The molecule has 1 aromatic carbocycles. The normalized spacial score (nSPS) is 33.7. The zero-order chi connectivity index (χ0) is 31.8. The minimum Gasteiger partial charge on any atom is -0.406 e. The molecule has 44 heavy (non-hydrogen) atoms. The fourth-order valence-corrected chi connectivity index (χ4v) is 7.37. The number of nitrogens with one attached hydrogen (secondary N) is 4. The van der Waals surface area contributed by atoms with Crippen LogP contribution in [0.1, 0.15) is 71.1 Å². The number of amides is 2. The molecule has 1 aromatic rings. The molecule has 248 valence electrons. The lowest BCUT2D eigenvalue weighted by Gasteiger charge is -2.55. The van der Waals surface area contributed by atoms with Gasteiger partial charge in [0.2, 0.25) is 0 Å². The molecule has 4 aliphatic rings. The van der Waals surface area contributed by atoms with Crippen LogP contribution in [0.5, 0.6) is 5.75 Å². The largest absolute Gasteiger partial charge is 0.573 e. The first kappa shape index (κ1) is 33.0. The van der Waals surface area contributed by atoms with Crippen molar-refractivity contribution in [1.82, 2.24) is 16.0 Å². The summed E-state index contributed by atoms with van der Waals surface area (Å²) >= 11 is 0. The van der Waals surface area contributed by atoms with E-state index in [1.807, 2.05) is 6.92 Å². The van der Waals surface area contributed by atoms with Crippen LogP contribution in [0.15, 0.2) is 18.2 Å². The fourth-order valence-electron chi connectivity index (χ4n) is 7.37. The van der Waals surface area contributed by atoms with Crippen molar-refractivity contribution in [2.24, 2.45) is 11.8 Å². The van der Waals surface area contributed by atoms with Gasteiger partial charge in [0.25, 0.3) is 0 Å². The van der Waals surface area contributed by atoms with Crippen molar-refractivity contribution in [2.45, 2.75) is 113 Å². The Morgan fingerprint density at radius 2 is 1.70 bits per heavy atom. The Morgan fingerprint density at radius 3 is 2.32 bits per heavy atom. The first-order valence-corrected chi connectivity index (χ1v) is 15.2. The lowest BCUT2D eigenvalue weighted by atomic mass is 9.70. The third-order valence-electron chi connectivity index (χ3n) is 9.60. The lowest BCUT2D eigenvalue weighted by Crippen LogP contribution is -2.77. The van der Waals surface area contributed by atoms with E-state index in [9.17, 15) is 35.5 Å². The van der Waals surface area contributed by atoms with E-state index in [0.29, 0.717) is 31.7 Å². The minimum atomic E-state index is -5.01. The molecule has 0 aromatic heterocycles. The number of carbonyl (C=O) groups excluding carboxylic acids is 1. The number of ether oxygens (including phenoxy) is 3. The second-order valence-electron chi connectivity index (χ2n) is 12.3. The molecule has 5 rings (SSSR count). The SMILES string of the molecule is CC1NCC(NC(=O)Nc2ccc(OC(F)(F)F)cc2F)(C2CCCCC2)C(O[C@@H]2CCCCC2[C@@]2(C(F)(F)F)CCO2)N1. The van der Waals surface area contributed by atoms with Gasteiger partial charge in [-0.15, -0.1) is 13.2 Å². The van der Waals surface area contributed by atoms with Crippen LogP contribution >= 0.6 is 0 Å². The van der Waals surface area contributed by atoms with E-state index >= 15 is 0 Å². The molecular formula is C29H39F7N4O4. The number of hydrogen-bond acceptors (Lipinski definition) is 6. The van der Waals surface area contributed by atoms with Crippen LogP contribution < -0.4 is 26.0 Å². The Morgan fingerprint density at radius 1 is 1.02 bits per heavy atom. The van der Waals surface area contributed by atoms with E-state index in [0.717, 1.165) is 44.2 Å². The van der Waals surface area contributed by atoms with Gasteiger partial charge >= 0.3 is 18.6 Å². The summed E-state index contributed by atoms with van der Waals surface area (Å²) in [6.07, 6.45) is -5.49. The molecule has 2 amide bonds. The fraction of sp³-hybridized carbons (Fsp3) is 0.759. The van der Waals surface area contributed by atoms with Gasteiger partial charge in [0.15, 0.2) is 5.60 Å². The molecule has 4 unspecified atom stereocenters. The summed E-state index contributed by atoms with van der Waals surface area (Å²) < 4.78 is 111. The van der Waals surface area contributed by atoms with Crippen LogP contribution in [-0.2, 0) is 9.47 Å². The summed E-state index contributed by atoms with van der Waals surface area (Å²) in [4.78, 5) is 13.4. The Labute approximate surface area is 251 Å². The van der Waals surface area contributed by atoms with E-state index in [2.05, 4.69) is 26.0 Å². The molecule has 2 heterocycles. The third-order valence-corrected chi connectivity index (χ3v) is 9.60. The van der Waals surface area contributed by atoms with Crippen LogP contribution in [0.3, 0.4) is 0 Å². The highest BCUT2D eigenvalue weighted by molar-refractivity contribution is 5.90. The molecule has 15 heteroatoms. The molecule has 8 nitrogen and oxygen atoms in total. The van der Waals surface area contributed by atoms with E-state index in [-0.39, 0.29) is 37.3 Å². The monoisotopic (exact) mass is 640 g/mol. The Balaban J connectivity index is 1.40. The zero-order valence-electron chi connectivity index (χ0n) is 24.4. The molecule has 0 bridgehead atoms. The number of anilines is 1. The summed E-state index contributed by atoms with van der Waals surface area (Å²) in [5.74, 6) is -2.97. The number of alkyl halides is 6. The summed E-state index contributed by atoms with van der Waals surface area (Å²) in [6, 6.07) is 1.51. The number of benzene rings is 1. The minimum absolute atomic E-state index is 0.0268. The van der Waals surface area contributed by atoms with Crippen molar-refractivity contribution in [3.63, 3.8) is 0 Å². The topological polar surface area (TPSA) is 92.9 Å². The van der Waals surface area contributed by atoms with Crippen molar-refractivity contribution in [2.75, 3.05) is 18.5 Å². The van der Waals surface area contributed by atoms with Crippen LogP contribution in [0.25, 0.3) is 0 Å². The van der Waals surface area contributed by atoms with Gasteiger partial charge in [-0.1, -0.05) is 32.1 Å². The lowest BCUT2D eigenvalue weighted by molar-refractivity contribution is -0.359. The van der Waals surface area contributed by atoms with Crippen LogP contribution in [0.2, 0.25) is 0 Å². The number of urea groups is 1. The summed E-state index contributed by atoms with van der Waals surface area (Å²) in [5.41, 5.74) is -3.78. The first-order valence-electron chi connectivity index (χ1n) is 15.2. The van der Waals surface area contributed by atoms with Crippen LogP contribution in [0.4, 0.5) is 41.2 Å². The third kappa shape index (κ3) is 6.90. The van der Waals surface area contributed by atoms with Gasteiger partial charge in [-0.2, -0.15) is 13.2 Å². The van der Waals surface area contributed by atoms with Gasteiger partial charge in [-0.25, -0.2) is 9.18 Å². The Kier molecular flexibility index (Phi) is 9.60. The molecular weight excluding hydrogens is 601 g/mol. The number of carbonyl (C=O) groups is 1. The summed E-state index contributed by atoms with van der Waals surface area (Å²) in [6.45, 7) is 2.09. The standard InChI is InChI=1S/C29H39F7N4O4/c1-17-37-16-26(18-7-3-2-4-8-18,40-25(41)39-22-12-11-19(15-21(22)30)44-29(34,35)36)24(38-17)43-23-10-6-5-9-20(23)27(13-14-42-27)28(31,32)33/h11-12,15,17-18,20,23-24,37-38H,2-10,13-14,16H2,1H3,(H2,39,40,41)/t17?,20?,23-,24?,26?,27-/m1/s1. The van der Waals surface area contributed by atoms with Gasteiger partial charge in [0.1, 0.15) is 17.8 Å². The number of hydrogen-bond donors (Lipinski definition) is 4. The molecule has 2 aliphatic heterocycles. The quantitative estimate of drug-likeness (QED) is 0.261. The van der Waals surface area contributed by atoms with Crippen LogP contribution in [0, 0.1) is 17.7 Å². The van der Waals surface area contributed by atoms with E-state index < -0.39 is 59.5 Å². The second kappa shape index (κ2) is 12.8. The molecule has 0 radical (unpaired) electrons.